The first kappa shape index (κ1) is 15.5. The Labute approximate surface area is 116 Å². The molecule has 106 valence electrons. The summed E-state index contributed by atoms with van der Waals surface area (Å²) in [4.78, 5) is 12.0. The van der Waals surface area contributed by atoms with Gasteiger partial charge >= 0.3 is 0 Å². The largest absolute Gasteiger partial charge is 0.481 e. The Hall–Kier alpha value is -1.51. The van der Waals surface area contributed by atoms with Crippen molar-refractivity contribution in [1.82, 2.24) is 5.32 Å². The van der Waals surface area contributed by atoms with Crippen LogP contribution in [0.3, 0.4) is 0 Å². The molecule has 3 nitrogen and oxygen atoms in total. The lowest BCUT2D eigenvalue weighted by Gasteiger charge is -2.24. The molecule has 0 aromatic heterocycles. The molecule has 19 heavy (non-hydrogen) atoms. The first-order valence-electron chi connectivity index (χ1n) is 6.66. The average molecular weight is 263 g/mol. The van der Waals surface area contributed by atoms with Crippen LogP contribution < -0.4 is 10.1 Å². The number of nitrogens with one attached hydrogen (secondary N) is 1. The van der Waals surface area contributed by atoms with E-state index in [1.165, 1.54) is 16.7 Å². The maximum absolute atomic E-state index is 12.0. The molecular weight excluding hydrogens is 238 g/mol. The lowest BCUT2D eigenvalue weighted by molar-refractivity contribution is -0.128. The van der Waals surface area contributed by atoms with Crippen molar-refractivity contribution < 1.29 is 9.53 Å². The van der Waals surface area contributed by atoms with Crippen LogP contribution >= 0.6 is 0 Å². The Bertz CT molecular complexity index is 449. The van der Waals surface area contributed by atoms with Gasteiger partial charge in [0.2, 0.25) is 0 Å². The van der Waals surface area contributed by atoms with E-state index in [2.05, 4.69) is 26.1 Å². The van der Waals surface area contributed by atoms with E-state index in [0.29, 0.717) is 0 Å². The highest BCUT2D eigenvalue weighted by molar-refractivity contribution is 5.81. The minimum absolute atomic E-state index is 0.0941. The van der Waals surface area contributed by atoms with Gasteiger partial charge in [-0.05, 0) is 77.3 Å². The Morgan fingerprint density at radius 3 is 2.05 bits per heavy atom. The highest BCUT2D eigenvalue weighted by Gasteiger charge is 2.20. The van der Waals surface area contributed by atoms with Crippen molar-refractivity contribution in [2.75, 3.05) is 0 Å². The van der Waals surface area contributed by atoms with Crippen molar-refractivity contribution in [2.45, 2.75) is 60.1 Å². The second-order valence-corrected chi connectivity index (χ2v) is 6.18. The van der Waals surface area contributed by atoms with Gasteiger partial charge in [-0.25, -0.2) is 0 Å². The molecule has 0 fully saturated rings. The quantitative estimate of drug-likeness (QED) is 0.908. The molecule has 0 saturated carbocycles. The number of carbonyl (C=O) groups excluding carboxylic acids is 1. The van der Waals surface area contributed by atoms with Crippen LogP contribution in [0.2, 0.25) is 0 Å². The van der Waals surface area contributed by atoms with Gasteiger partial charge in [-0.15, -0.1) is 0 Å². The van der Waals surface area contributed by atoms with Gasteiger partial charge in [-0.1, -0.05) is 0 Å². The fourth-order valence-corrected chi connectivity index (χ4v) is 1.79. The molecule has 0 saturated heterocycles. The number of rotatable bonds is 3. The Kier molecular flexibility index (Phi) is 4.61. The van der Waals surface area contributed by atoms with Crippen LogP contribution in [0, 0.1) is 20.8 Å². The van der Waals surface area contributed by atoms with Crippen LogP contribution in [0.25, 0.3) is 0 Å². The molecule has 0 aliphatic carbocycles. The molecule has 1 atom stereocenters. The second-order valence-electron chi connectivity index (χ2n) is 6.18. The van der Waals surface area contributed by atoms with Crippen LogP contribution in [0.5, 0.6) is 5.75 Å². The third-order valence-electron chi connectivity index (χ3n) is 3.08. The van der Waals surface area contributed by atoms with Gasteiger partial charge in [0.25, 0.3) is 5.91 Å². The second kappa shape index (κ2) is 5.64. The smallest absolute Gasteiger partial charge is 0.261 e. The van der Waals surface area contributed by atoms with Gasteiger partial charge < -0.3 is 10.1 Å². The summed E-state index contributed by atoms with van der Waals surface area (Å²) in [6, 6.07) is 3.95. The van der Waals surface area contributed by atoms with Gasteiger partial charge in [0, 0.05) is 5.54 Å². The average Bonchev–Trinajstić information content (AvgIpc) is 2.23. The zero-order valence-electron chi connectivity index (χ0n) is 13.0. The minimum atomic E-state index is -0.499. The predicted molar refractivity (Wildman–Crippen MR) is 78.6 cm³/mol. The molecule has 1 N–H and O–H groups in total. The monoisotopic (exact) mass is 263 g/mol. The van der Waals surface area contributed by atoms with Crippen molar-refractivity contribution in [3.8, 4) is 5.75 Å². The summed E-state index contributed by atoms with van der Waals surface area (Å²) in [6.45, 7) is 13.8. The normalized spacial score (nSPS) is 13.0. The SMILES string of the molecule is Cc1cc(OC(C)C(=O)NC(C)(C)C)cc(C)c1C. The standard InChI is InChI=1S/C16H25NO2/c1-10-8-14(9-11(2)12(10)3)19-13(4)15(18)17-16(5,6)7/h8-9,13H,1-7H3,(H,17,18). The number of benzene rings is 1. The number of ether oxygens (including phenoxy) is 1. The van der Waals surface area contributed by atoms with Crippen molar-refractivity contribution >= 4 is 5.91 Å². The summed E-state index contributed by atoms with van der Waals surface area (Å²) in [7, 11) is 0. The highest BCUT2D eigenvalue weighted by atomic mass is 16.5. The van der Waals surface area contributed by atoms with E-state index in [0.717, 1.165) is 5.75 Å². The summed E-state index contributed by atoms with van der Waals surface area (Å²) < 4.78 is 5.73. The highest BCUT2D eigenvalue weighted by Crippen LogP contribution is 2.22. The molecular formula is C16H25NO2. The number of carbonyl (C=O) groups is 1. The van der Waals surface area contributed by atoms with Gasteiger partial charge in [-0.3, -0.25) is 4.79 Å². The first-order chi connectivity index (χ1) is 8.60. The molecule has 3 heteroatoms. The Balaban J connectivity index is 2.77. The molecule has 0 bridgehead atoms. The van der Waals surface area contributed by atoms with E-state index in [4.69, 9.17) is 4.74 Å². The van der Waals surface area contributed by atoms with Gasteiger partial charge in [0.1, 0.15) is 5.75 Å². The Morgan fingerprint density at radius 1 is 1.16 bits per heavy atom. The number of amides is 1. The van der Waals surface area contributed by atoms with Gasteiger partial charge in [-0.2, -0.15) is 0 Å². The summed E-state index contributed by atoms with van der Waals surface area (Å²) in [5.41, 5.74) is 3.38. The molecule has 0 radical (unpaired) electrons. The zero-order valence-corrected chi connectivity index (χ0v) is 13.0. The van der Waals surface area contributed by atoms with E-state index in [1.807, 2.05) is 32.9 Å². The number of aryl methyl sites for hydroxylation is 2. The molecule has 0 heterocycles. The topological polar surface area (TPSA) is 38.3 Å². The molecule has 1 unspecified atom stereocenters. The maximum Gasteiger partial charge on any atom is 0.261 e. The maximum atomic E-state index is 12.0. The molecule has 0 spiro atoms. The summed E-state index contributed by atoms with van der Waals surface area (Å²) in [5, 5.41) is 2.92. The lowest BCUT2D eigenvalue weighted by atomic mass is 10.0. The summed E-state index contributed by atoms with van der Waals surface area (Å²) in [5.74, 6) is 0.653. The third-order valence-corrected chi connectivity index (χ3v) is 3.08. The minimum Gasteiger partial charge on any atom is -0.481 e. The van der Waals surface area contributed by atoms with Gasteiger partial charge in [0.15, 0.2) is 6.10 Å². The van der Waals surface area contributed by atoms with E-state index in [1.54, 1.807) is 6.92 Å². The molecule has 0 aliphatic heterocycles. The van der Waals surface area contributed by atoms with Crippen LogP contribution in [0.4, 0.5) is 0 Å². The predicted octanol–water partition coefficient (Wildman–Crippen LogP) is 3.29. The lowest BCUT2D eigenvalue weighted by Crippen LogP contribution is -2.46. The van der Waals surface area contributed by atoms with Crippen LogP contribution in [-0.2, 0) is 4.79 Å². The van der Waals surface area contributed by atoms with E-state index in [-0.39, 0.29) is 11.4 Å². The number of hydrogen-bond donors (Lipinski definition) is 1. The van der Waals surface area contributed by atoms with E-state index >= 15 is 0 Å². The molecule has 1 aromatic rings. The molecule has 1 aromatic carbocycles. The van der Waals surface area contributed by atoms with Gasteiger partial charge in [0.05, 0.1) is 0 Å². The number of hydrogen-bond acceptors (Lipinski definition) is 2. The summed E-state index contributed by atoms with van der Waals surface area (Å²) >= 11 is 0. The van der Waals surface area contributed by atoms with Crippen molar-refractivity contribution in [3.63, 3.8) is 0 Å². The fraction of sp³-hybridized carbons (Fsp3) is 0.562. The molecule has 1 amide bonds. The first-order valence-corrected chi connectivity index (χ1v) is 6.66. The van der Waals surface area contributed by atoms with E-state index < -0.39 is 6.10 Å². The van der Waals surface area contributed by atoms with Crippen molar-refractivity contribution in [2.24, 2.45) is 0 Å². The van der Waals surface area contributed by atoms with E-state index in [9.17, 15) is 4.79 Å². The zero-order chi connectivity index (χ0) is 14.8. The Morgan fingerprint density at radius 2 is 1.63 bits per heavy atom. The van der Waals surface area contributed by atoms with Crippen molar-refractivity contribution in [3.05, 3.63) is 28.8 Å². The van der Waals surface area contributed by atoms with Crippen LogP contribution in [0.15, 0.2) is 12.1 Å². The molecule has 1 rings (SSSR count). The van der Waals surface area contributed by atoms with Crippen molar-refractivity contribution in [1.29, 1.82) is 0 Å². The summed E-state index contributed by atoms with van der Waals surface area (Å²) in [6.07, 6.45) is -0.499. The third kappa shape index (κ3) is 4.58. The molecule has 0 aliphatic rings. The van der Waals surface area contributed by atoms with Crippen LogP contribution in [-0.4, -0.2) is 17.6 Å². The van der Waals surface area contributed by atoms with Crippen LogP contribution in [0.1, 0.15) is 44.4 Å². The fourth-order valence-electron chi connectivity index (χ4n) is 1.79.